The molecule has 154 valence electrons. The Kier molecular flexibility index (Phi) is 4.73. The molecule has 0 amide bonds. The highest BCUT2D eigenvalue weighted by Gasteiger charge is 2.17. The summed E-state index contributed by atoms with van der Waals surface area (Å²) >= 11 is 0. The van der Waals surface area contributed by atoms with Crippen LogP contribution < -0.4 is 10.3 Å². The molecule has 0 radical (unpaired) electrons. The third-order valence-corrected chi connectivity index (χ3v) is 5.13. The molecule has 0 bridgehead atoms. The summed E-state index contributed by atoms with van der Waals surface area (Å²) in [5.74, 6) is 1.12. The monoisotopic (exact) mass is 419 g/mol. The Hall–Kier alpha value is -4.70. The van der Waals surface area contributed by atoms with Crippen molar-refractivity contribution in [2.45, 2.75) is 0 Å². The summed E-state index contributed by atoms with van der Waals surface area (Å²) in [6, 6.07) is 24.1. The highest BCUT2D eigenvalue weighted by Crippen LogP contribution is 2.26. The van der Waals surface area contributed by atoms with Crippen molar-refractivity contribution in [2.24, 2.45) is 7.05 Å². The number of rotatable bonds is 4. The van der Waals surface area contributed by atoms with E-state index in [9.17, 15) is 10.1 Å². The predicted octanol–water partition coefficient (Wildman–Crippen LogP) is 4.44. The van der Waals surface area contributed by atoms with Gasteiger partial charge in [-0.05, 0) is 42.5 Å². The van der Waals surface area contributed by atoms with Crippen LogP contribution in [0.5, 0.6) is 11.6 Å². The number of aromatic nitrogens is 4. The zero-order valence-electron chi connectivity index (χ0n) is 17.1. The number of allylic oxidation sites excluding steroid dienone is 1. The molecule has 0 aliphatic carbocycles. The number of imidazole rings is 1. The maximum Gasteiger partial charge on any atom is 0.269 e. The van der Waals surface area contributed by atoms with Crippen LogP contribution in [0.3, 0.4) is 0 Å². The summed E-state index contributed by atoms with van der Waals surface area (Å²) in [6.07, 6.45) is 3.13. The minimum Gasteiger partial charge on any atom is -0.438 e. The Labute approximate surface area is 183 Å². The molecule has 32 heavy (non-hydrogen) atoms. The minimum atomic E-state index is -0.340. The van der Waals surface area contributed by atoms with Crippen molar-refractivity contribution in [1.82, 2.24) is 18.9 Å². The van der Waals surface area contributed by atoms with E-state index in [1.807, 2.05) is 54.1 Å². The first kappa shape index (κ1) is 19.3. The lowest BCUT2D eigenvalue weighted by atomic mass is 10.1. The van der Waals surface area contributed by atoms with Gasteiger partial charge in [0.15, 0.2) is 5.82 Å². The van der Waals surface area contributed by atoms with E-state index in [0.717, 1.165) is 11.0 Å². The van der Waals surface area contributed by atoms with E-state index >= 15 is 0 Å². The van der Waals surface area contributed by atoms with Gasteiger partial charge in [-0.1, -0.05) is 36.4 Å². The first-order chi connectivity index (χ1) is 15.7. The molecule has 0 fully saturated rings. The number of nitriles is 1. The van der Waals surface area contributed by atoms with E-state index in [1.54, 1.807) is 36.5 Å². The van der Waals surface area contributed by atoms with Gasteiger partial charge in [0.1, 0.15) is 23.0 Å². The van der Waals surface area contributed by atoms with E-state index < -0.39 is 0 Å². The van der Waals surface area contributed by atoms with Crippen LogP contribution in [0, 0.1) is 11.3 Å². The first-order valence-electron chi connectivity index (χ1n) is 9.93. The van der Waals surface area contributed by atoms with Crippen LogP contribution in [0.15, 0.2) is 83.8 Å². The minimum absolute atomic E-state index is 0.124. The summed E-state index contributed by atoms with van der Waals surface area (Å²) in [6.45, 7) is 0. The third kappa shape index (κ3) is 3.30. The van der Waals surface area contributed by atoms with Crippen molar-refractivity contribution < 1.29 is 4.74 Å². The number of hydrogen-bond acceptors (Lipinski definition) is 5. The highest BCUT2D eigenvalue weighted by molar-refractivity contribution is 5.91. The number of para-hydroxylation sites is 3. The number of fused-ring (bicyclic) bond motifs is 2. The van der Waals surface area contributed by atoms with E-state index in [-0.39, 0.29) is 22.6 Å². The lowest BCUT2D eigenvalue weighted by molar-refractivity contribution is 0.461. The summed E-state index contributed by atoms with van der Waals surface area (Å²) in [4.78, 5) is 22.5. The van der Waals surface area contributed by atoms with E-state index in [2.05, 4.69) is 16.0 Å². The smallest absolute Gasteiger partial charge is 0.269 e. The van der Waals surface area contributed by atoms with Crippen LogP contribution in [0.25, 0.3) is 28.3 Å². The number of hydrogen-bond donors (Lipinski definition) is 0. The van der Waals surface area contributed by atoms with Crippen molar-refractivity contribution in [1.29, 1.82) is 5.26 Å². The van der Waals surface area contributed by atoms with Gasteiger partial charge in [0.25, 0.3) is 5.56 Å². The molecular weight excluding hydrogens is 402 g/mol. The average molecular weight is 419 g/mol. The summed E-state index contributed by atoms with van der Waals surface area (Å²) in [7, 11) is 1.84. The lowest BCUT2D eigenvalue weighted by Gasteiger charge is -2.10. The van der Waals surface area contributed by atoms with E-state index in [4.69, 9.17) is 4.74 Å². The van der Waals surface area contributed by atoms with Gasteiger partial charge in [0.2, 0.25) is 5.88 Å². The van der Waals surface area contributed by atoms with Gasteiger partial charge in [0, 0.05) is 13.2 Å². The zero-order valence-corrected chi connectivity index (χ0v) is 17.1. The van der Waals surface area contributed by atoms with Gasteiger partial charge in [0.05, 0.1) is 16.6 Å². The molecular formula is C25H17N5O2. The van der Waals surface area contributed by atoms with Gasteiger partial charge in [-0.3, -0.25) is 9.20 Å². The summed E-state index contributed by atoms with van der Waals surface area (Å²) < 4.78 is 9.22. The predicted molar refractivity (Wildman–Crippen MR) is 122 cm³/mol. The molecule has 0 spiro atoms. The van der Waals surface area contributed by atoms with Gasteiger partial charge in [-0.25, -0.2) is 4.98 Å². The van der Waals surface area contributed by atoms with Crippen LogP contribution in [-0.2, 0) is 7.05 Å². The number of ether oxygens (including phenoxy) is 1. The second kappa shape index (κ2) is 7.85. The quantitative estimate of drug-likeness (QED) is 0.402. The molecule has 0 atom stereocenters. The molecule has 7 heteroatoms. The normalized spacial score (nSPS) is 11.6. The number of pyridine rings is 1. The maximum atomic E-state index is 13.3. The molecule has 0 saturated heterocycles. The second-order valence-corrected chi connectivity index (χ2v) is 7.13. The highest BCUT2D eigenvalue weighted by atomic mass is 16.5. The fraction of sp³-hybridized carbons (Fsp3) is 0.0400. The summed E-state index contributed by atoms with van der Waals surface area (Å²) in [5, 5.41) is 9.93. The molecule has 7 nitrogen and oxygen atoms in total. The van der Waals surface area contributed by atoms with Crippen molar-refractivity contribution in [2.75, 3.05) is 0 Å². The van der Waals surface area contributed by atoms with Gasteiger partial charge in [-0.15, -0.1) is 0 Å². The zero-order chi connectivity index (χ0) is 22.1. The Morgan fingerprint density at radius 2 is 1.75 bits per heavy atom. The Morgan fingerprint density at radius 1 is 1.00 bits per heavy atom. The van der Waals surface area contributed by atoms with Crippen LogP contribution in [0.2, 0.25) is 0 Å². The van der Waals surface area contributed by atoms with E-state index in [0.29, 0.717) is 17.2 Å². The largest absolute Gasteiger partial charge is 0.438 e. The molecule has 0 aliphatic rings. The summed E-state index contributed by atoms with van der Waals surface area (Å²) in [5.41, 5.74) is 2.16. The molecule has 5 aromatic rings. The topological polar surface area (TPSA) is 85.2 Å². The fourth-order valence-electron chi connectivity index (χ4n) is 3.56. The van der Waals surface area contributed by atoms with Crippen LogP contribution in [0.1, 0.15) is 11.4 Å². The van der Waals surface area contributed by atoms with Crippen molar-refractivity contribution in [3.8, 4) is 17.7 Å². The van der Waals surface area contributed by atoms with Gasteiger partial charge >= 0.3 is 0 Å². The first-order valence-corrected chi connectivity index (χ1v) is 9.93. The van der Waals surface area contributed by atoms with Gasteiger partial charge < -0.3 is 9.30 Å². The third-order valence-electron chi connectivity index (χ3n) is 5.13. The molecule has 0 unspecified atom stereocenters. The van der Waals surface area contributed by atoms with Crippen LogP contribution in [-0.4, -0.2) is 18.9 Å². The van der Waals surface area contributed by atoms with Gasteiger partial charge in [-0.2, -0.15) is 10.2 Å². The van der Waals surface area contributed by atoms with Crippen molar-refractivity contribution in [3.63, 3.8) is 0 Å². The molecule has 5 rings (SSSR count). The molecule has 3 heterocycles. The number of benzene rings is 2. The lowest BCUT2D eigenvalue weighted by Crippen LogP contribution is -2.18. The molecule has 3 aromatic heterocycles. The standard InChI is InChI=1S/C25H17N5O2/c1-29-21-12-6-5-11-20(21)27-23(29)17(16-26)15-19-24(32-18-9-3-2-4-10-18)28-22-13-7-8-14-30(22)25(19)31/h2-15H,1H3/b17-15+. The molecule has 0 aliphatic heterocycles. The maximum absolute atomic E-state index is 13.3. The Morgan fingerprint density at radius 3 is 2.53 bits per heavy atom. The SMILES string of the molecule is Cn1c(/C(C#N)=C/c2c(Oc3ccccc3)nc3ccccn3c2=O)nc2ccccc21. The molecule has 0 N–H and O–H groups in total. The number of aryl methyl sites for hydroxylation is 1. The molecule has 0 saturated carbocycles. The van der Waals surface area contributed by atoms with Crippen molar-refractivity contribution in [3.05, 3.63) is 101 Å². The molecule has 2 aromatic carbocycles. The van der Waals surface area contributed by atoms with Crippen LogP contribution >= 0.6 is 0 Å². The fourth-order valence-corrected chi connectivity index (χ4v) is 3.56. The Balaban J connectivity index is 1.74. The second-order valence-electron chi connectivity index (χ2n) is 7.13. The van der Waals surface area contributed by atoms with E-state index in [1.165, 1.54) is 10.5 Å². The average Bonchev–Trinajstić information content (AvgIpc) is 3.16. The van der Waals surface area contributed by atoms with Crippen molar-refractivity contribution >= 4 is 28.3 Å². The van der Waals surface area contributed by atoms with Crippen LogP contribution in [0.4, 0.5) is 0 Å². The Bertz CT molecular complexity index is 1590. The number of nitrogens with zero attached hydrogens (tertiary/aromatic N) is 5.